The van der Waals surface area contributed by atoms with Gasteiger partial charge in [0.05, 0.1) is 11.8 Å². The van der Waals surface area contributed by atoms with Gasteiger partial charge in [0.25, 0.3) is 0 Å². The Morgan fingerprint density at radius 1 is 1.33 bits per heavy atom. The molecule has 0 unspecified atom stereocenters. The second-order valence-electron chi connectivity index (χ2n) is 5.77. The lowest BCUT2D eigenvalue weighted by Gasteiger charge is -2.29. The molecule has 0 aromatic heterocycles. The van der Waals surface area contributed by atoms with Crippen molar-refractivity contribution >= 4 is 5.69 Å². The maximum atomic E-state index is 9.50. The van der Waals surface area contributed by atoms with Gasteiger partial charge >= 0.3 is 0 Å². The number of hydrogen-bond acceptors (Lipinski definition) is 5. The molecule has 1 aliphatic rings. The smallest absolute Gasteiger partial charge is 0.0569 e. The highest BCUT2D eigenvalue weighted by atomic mass is 16.3. The number of aliphatic hydroxyl groups excluding tert-OH is 1. The van der Waals surface area contributed by atoms with Crippen molar-refractivity contribution in [2.75, 3.05) is 24.6 Å². The molecular weight excluding hydrogens is 264 g/mol. The Labute approximate surface area is 126 Å². The monoisotopic (exact) mass is 290 g/mol. The van der Waals surface area contributed by atoms with Crippen molar-refractivity contribution in [2.24, 2.45) is 11.6 Å². The molecule has 0 atom stereocenters. The molecule has 5 nitrogen and oxygen atoms in total. The van der Waals surface area contributed by atoms with Crippen molar-refractivity contribution < 1.29 is 5.11 Å². The maximum absolute atomic E-state index is 9.50. The molecule has 1 aromatic carbocycles. The van der Waals surface area contributed by atoms with Crippen molar-refractivity contribution in [1.29, 1.82) is 0 Å². The lowest BCUT2D eigenvalue weighted by molar-refractivity contribution is 0.0832. The molecule has 1 aromatic rings. The number of anilines is 1. The van der Waals surface area contributed by atoms with Crippen LogP contribution in [0.5, 0.6) is 0 Å². The van der Waals surface area contributed by atoms with Crippen LogP contribution >= 0.6 is 0 Å². The molecule has 1 saturated heterocycles. The number of hydrazine groups is 1. The van der Waals surface area contributed by atoms with E-state index in [1.807, 2.05) is 19.1 Å². The normalized spacial score (nSPS) is 18.0. The van der Waals surface area contributed by atoms with Crippen LogP contribution in [-0.4, -0.2) is 35.7 Å². The van der Waals surface area contributed by atoms with E-state index in [2.05, 4.69) is 17.0 Å². The van der Waals surface area contributed by atoms with Gasteiger partial charge in [-0.3, -0.25) is 5.01 Å². The molecule has 1 aliphatic heterocycles. The topological polar surface area (TPSA) is 78.8 Å². The molecule has 5 N–H and O–H groups in total. The molecule has 0 spiro atoms. The Kier molecular flexibility index (Phi) is 5.61. The summed E-state index contributed by atoms with van der Waals surface area (Å²) in [4.78, 5) is 2.41. The van der Waals surface area contributed by atoms with E-state index in [-0.39, 0.29) is 6.10 Å². The van der Waals surface area contributed by atoms with E-state index in [1.54, 1.807) is 6.20 Å². The Hall–Kier alpha value is -1.56. The summed E-state index contributed by atoms with van der Waals surface area (Å²) < 4.78 is 0. The average molecular weight is 290 g/mol. The minimum Gasteiger partial charge on any atom is -0.401 e. The number of allylic oxidation sites excluding steroid dienone is 1. The quantitative estimate of drug-likeness (QED) is 0.561. The van der Waals surface area contributed by atoms with E-state index in [0.717, 1.165) is 44.6 Å². The van der Waals surface area contributed by atoms with Crippen molar-refractivity contribution in [3.63, 3.8) is 0 Å². The number of likely N-dealkylation sites (tertiary alicyclic amines) is 1. The van der Waals surface area contributed by atoms with Crippen LogP contribution in [0.3, 0.4) is 0 Å². The van der Waals surface area contributed by atoms with Gasteiger partial charge in [0.1, 0.15) is 0 Å². The molecule has 21 heavy (non-hydrogen) atoms. The van der Waals surface area contributed by atoms with Gasteiger partial charge in [-0.1, -0.05) is 12.1 Å². The fraction of sp³-hybridized carbons (Fsp3) is 0.500. The van der Waals surface area contributed by atoms with Crippen LogP contribution in [0.4, 0.5) is 5.69 Å². The van der Waals surface area contributed by atoms with E-state index in [4.69, 9.17) is 11.6 Å². The number of aliphatic hydroxyl groups is 1. The van der Waals surface area contributed by atoms with Gasteiger partial charge in [0.2, 0.25) is 0 Å². The second-order valence-corrected chi connectivity index (χ2v) is 5.77. The SMILES string of the molecule is C/C(N)=C/N(N)c1ccc(CCN2CCC(O)CC2)cc1. The number of piperidine rings is 1. The number of hydrogen-bond donors (Lipinski definition) is 3. The van der Waals surface area contributed by atoms with Crippen molar-refractivity contribution in [1.82, 2.24) is 4.90 Å². The fourth-order valence-corrected chi connectivity index (χ4v) is 2.56. The first kappa shape index (κ1) is 15.8. The molecule has 116 valence electrons. The van der Waals surface area contributed by atoms with Gasteiger partial charge in [-0.05, 0) is 43.9 Å². The Balaban J connectivity index is 1.83. The van der Waals surface area contributed by atoms with Gasteiger partial charge in [-0.2, -0.15) is 0 Å². The third-order valence-electron chi connectivity index (χ3n) is 3.85. The predicted octanol–water partition coefficient (Wildman–Crippen LogP) is 1.19. The van der Waals surface area contributed by atoms with E-state index < -0.39 is 0 Å². The third kappa shape index (κ3) is 5.04. The molecule has 1 heterocycles. The van der Waals surface area contributed by atoms with Crippen LogP contribution in [0, 0.1) is 0 Å². The van der Waals surface area contributed by atoms with Crippen LogP contribution in [0.15, 0.2) is 36.2 Å². The van der Waals surface area contributed by atoms with Gasteiger partial charge in [0.15, 0.2) is 0 Å². The summed E-state index contributed by atoms with van der Waals surface area (Å²) in [5.74, 6) is 5.89. The molecule has 0 aliphatic carbocycles. The lowest BCUT2D eigenvalue weighted by atomic mass is 10.1. The molecule has 1 fully saturated rings. The molecule has 0 bridgehead atoms. The van der Waals surface area contributed by atoms with Gasteiger partial charge in [0, 0.05) is 31.5 Å². The second kappa shape index (κ2) is 7.45. The van der Waals surface area contributed by atoms with Crippen molar-refractivity contribution in [3.8, 4) is 0 Å². The Bertz CT molecular complexity index is 460. The summed E-state index contributed by atoms with van der Waals surface area (Å²) in [5, 5.41) is 11.0. The first-order valence-corrected chi connectivity index (χ1v) is 7.52. The van der Waals surface area contributed by atoms with Gasteiger partial charge in [-0.15, -0.1) is 0 Å². The number of rotatable bonds is 5. The van der Waals surface area contributed by atoms with Gasteiger partial charge < -0.3 is 15.7 Å². The molecule has 0 amide bonds. The first-order valence-electron chi connectivity index (χ1n) is 7.52. The van der Waals surface area contributed by atoms with Gasteiger partial charge in [-0.25, -0.2) is 5.84 Å². The summed E-state index contributed by atoms with van der Waals surface area (Å²) in [6, 6.07) is 8.23. The average Bonchev–Trinajstić information content (AvgIpc) is 2.46. The Morgan fingerprint density at radius 3 is 2.52 bits per heavy atom. The standard InChI is InChI=1S/C16H26N4O/c1-13(17)12-20(18)15-4-2-14(3-5-15)6-9-19-10-7-16(21)8-11-19/h2-5,12,16,21H,6-11,17-18H2,1H3/b13-12-. The summed E-state index contributed by atoms with van der Waals surface area (Å²) >= 11 is 0. The lowest BCUT2D eigenvalue weighted by Crippen LogP contribution is -2.37. The molecule has 2 rings (SSSR count). The zero-order valence-electron chi connectivity index (χ0n) is 12.7. The minimum atomic E-state index is -0.102. The number of benzene rings is 1. The molecule has 5 heteroatoms. The zero-order valence-corrected chi connectivity index (χ0v) is 12.7. The van der Waals surface area contributed by atoms with Crippen molar-refractivity contribution in [2.45, 2.75) is 32.3 Å². The van der Waals surface area contributed by atoms with Crippen molar-refractivity contribution in [3.05, 3.63) is 41.7 Å². The van der Waals surface area contributed by atoms with Crippen LogP contribution in [0.1, 0.15) is 25.3 Å². The van der Waals surface area contributed by atoms with Crippen LogP contribution < -0.4 is 16.6 Å². The van der Waals surface area contributed by atoms with Crippen LogP contribution in [-0.2, 0) is 6.42 Å². The van der Waals surface area contributed by atoms with E-state index >= 15 is 0 Å². The Morgan fingerprint density at radius 2 is 1.95 bits per heavy atom. The molecular formula is C16H26N4O. The van der Waals surface area contributed by atoms with E-state index in [0.29, 0.717) is 5.70 Å². The highest BCUT2D eigenvalue weighted by Crippen LogP contribution is 2.15. The predicted molar refractivity (Wildman–Crippen MR) is 86.4 cm³/mol. The summed E-state index contributed by atoms with van der Waals surface area (Å²) in [7, 11) is 0. The highest BCUT2D eigenvalue weighted by molar-refractivity contribution is 5.48. The third-order valence-corrected chi connectivity index (χ3v) is 3.85. The van der Waals surface area contributed by atoms with Crippen LogP contribution in [0.25, 0.3) is 0 Å². The number of nitrogens with zero attached hydrogens (tertiary/aromatic N) is 2. The summed E-state index contributed by atoms with van der Waals surface area (Å²) in [6.45, 7) is 4.84. The van der Waals surface area contributed by atoms with E-state index in [1.165, 1.54) is 10.6 Å². The van der Waals surface area contributed by atoms with Crippen LogP contribution in [0.2, 0.25) is 0 Å². The molecule has 0 saturated carbocycles. The first-order chi connectivity index (χ1) is 10.0. The highest BCUT2D eigenvalue weighted by Gasteiger charge is 2.16. The number of nitrogens with two attached hydrogens (primary N) is 2. The summed E-state index contributed by atoms with van der Waals surface area (Å²) in [6.07, 6.45) is 4.41. The molecule has 0 radical (unpaired) electrons. The maximum Gasteiger partial charge on any atom is 0.0569 e. The zero-order chi connectivity index (χ0) is 15.2. The minimum absolute atomic E-state index is 0.102. The largest absolute Gasteiger partial charge is 0.401 e. The summed E-state index contributed by atoms with van der Waals surface area (Å²) in [5.41, 5.74) is 8.51. The fourth-order valence-electron chi connectivity index (χ4n) is 2.56. The van der Waals surface area contributed by atoms with E-state index in [9.17, 15) is 5.11 Å².